The van der Waals surface area contributed by atoms with Gasteiger partial charge in [-0.15, -0.1) is 0 Å². The number of carbonyl (C=O) groups excluding carboxylic acids is 3. The molecule has 2 fully saturated rings. The molecule has 1 aliphatic carbocycles. The van der Waals surface area contributed by atoms with Crippen molar-refractivity contribution < 1.29 is 29.0 Å². The zero-order valence-electron chi connectivity index (χ0n) is 20.1. The number of allylic oxidation sites excluding steroid dienone is 1. The molecule has 2 aromatic rings. The summed E-state index contributed by atoms with van der Waals surface area (Å²) in [6.45, 7) is 3.98. The SMILES string of the molecule is CCCCC(C)C(=O)C=C[C@H]1[C@H]2CC(=O)OC([C@H]2O)[C@H]1OC(=O)c1ccc(-c2ccccc2)cc1. The third-order valence-corrected chi connectivity index (χ3v) is 7.07. The molecule has 0 amide bonds. The number of rotatable bonds is 9. The number of benzene rings is 2. The Morgan fingerprint density at radius 1 is 1.11 bits per heavy atom. The Bertz CT molecular complexity index is 1070. The third-order valence-electron chi connectivity index (χ3n) is 7.07. The Morgan fingerprint density at radius 2 is 1.80 bits per heavy atom. The number of aliphatic hydroxyl groups is 1. The highest BCUT2D eigenvalue weighted by molar-refractivity contribution is 5.92. The zero-order valence-corrected chi connectivity index (χ0v) is 20.1. The second-order valence-corrected chi connectivity index (χ2v) is 9.51. The first-order valence-electron chi connectivity index (χ1n) is 12.3. The highest BCUT2D eigenvalue weighted by Crippen LogP contribution is 2.43. The molecule has 4 rings (SSSR count). The van der Waals surface area contributed by atoms with Gasteiger partial charge < -0.3 is 14.6 Å². The van der Waals surface area contributed by atoms with Gasteiger partial charge in [0.05, 0.1) is 18.1 Å². The molecule has 2 aromatic carbocycles. The number of ether oxygens (including phenoxy) is 2. The van der Waals surface area contributed by atoms with E-state index in [1.165, 1.54) is 6.08 Å². The smallest absolute Gasteiger partial charge is 0.338 e. The molecule has 0 radical (unpaired) electrons. The van der Waals surface area contributed by atoms with Gasteiger partial charge in [-0.1, -0.05) is 75.2 Å². The first-order chi connectivity index (χ1) is 16.9. The first kappa shape index (κ1) is 24.9. The molecule has 6 heteroatoms. The summed E-state index contributed by atoms with van der Waals surface area (Å²) in [6, 6.07) is 16.9. The van der Waals surface area contributed by atoms with Gasteiger partial charge in [0.2, 0.25) is 0 Å². The van der Waals surface area contributed by atoms with Gasteiger partial charge >= 0.3 is 11.9 Å². The fourth-order valence-corrected chi connectivity index (χ4v) is 4.96. The van der Waals surface area contributed by atoms with Crippen LogP contribution in [-0.4, -0.2) is 41.1 Å². The first-order valence-corrected chi connectivity index (χ1v) is 12.3. The maximum atomic E-state index is 13.0. The number of ketones is 1. The van der Waals surface area contributed by atoms with Crippen LogP contribution < -0.4 is 0 Å². The molecular weight excluding hydrogens is 444 g/mol. The van der Waals surface area contributed by atoms with Gasteiger partial charge in [0, 0.05) is 17.8 Å². The third kappa shape index (κ3) is 5.54. The Hall–Kier alpha value is -3.25. The zero-order chi connectivity index (χ0) is 24.9. The van der Waals surface area contributed by atoms with Crippen LogP contribution in [-0.2, 0) is 19.1 Å². The maximum absolute atomic E-state index is 13.0. The van der Waals surface area contributed by atoms with Crippen molar-refractivity contribution >= 4 is 17.7 Å². The molecule has 6 nitrogen and oxygen atoms in total. The van der Waals surface area contributed by atoms with Gasteiger partial charge in [0.1, 0.15) is 6.10 Å². The summed E-state index contributed by atoms with van der Waals surface area (Å²) in [5, 5.41) is 10.7. The van der Waals surface area contributed by atoms with Crippen LogP contribution in [0.2, 0.25) is 0 Å². The minimum absolute atomic E-state index is 0.0109. The predicted octanol–water partition coefficient (Wildman–Crippen LogP) is 4.75. The number of unbranched alkanes of at least 4 members (excludes halogenated alkanes) is 1. The highest BCUT2D eigenvalue weighted by Gasteiger charge is 2.56. The van der Waals surface area contributed by atoms with Gasteiger partial charge in [-0.2, -0.15) is 0 Å². The number of hydrogen-bond donors (Lipinski definition) is 1. The fourth-order valence-electron chi connectivity index (χ4n) is 4.96. The molecule has 1 saturated heterocycles. The molecule has 184 valence electrons. The Labute approximate surface area is 205 Å². The summed E-state index contributed by atoms with van der Waals surface area (Å²) >= 11 is 0. The number of esters is 2. The van der Waals surface area contributed by atoms with Gasteiger partial charge in [-0.05, 0) is 35.8 Å². The van der Waals surface area contributed by atoms with E-state index in [1.54, 1.807) is 18.2 Å². The van der Waals surface area contributed by atoms with Crippen LogP contribution in [0.5, 0.6) is 0 Å². The highest BCUT2D eigenvalue weighted by atomic mass is 16.6. The van der Waals surface area contributed by atoms with Gasteiger partial charge in [0.25, 0.3) is 0 Å². The lowest BCUT2D eigenvalue weighted by molar-refractivity contribution is -0.168. The van der Waals surface area contributed by atoms with Crippen molar-refractivity contribution in [3.8, 4) is 11.1 Å². The second-order valence-electron chi connectivity index (χ2n) is 9.51. The average Bonchev–Trinajstić information content (AvgIpc) is 3.01. The summed E-state index contributed by atoms with van der Waals surface area (Å²) < 4.78 is 11.2. The van der Waals surface area contributed by atoms with Crippen LogP contribution >= 0.6 is 0 Å². The molecule has 6 atom stereocenters. The van der Waals surface area contributed by atoms with Crippen molar-refractivity contribution in [3.63, 3.8) is 0 Å². The fraction of sp³-hybridized carbons (Fsp3) is 0.414. The molecule has 2 bridgehead atoms. The molecule has 2 aliphatic rings. The Balaban J connectivity index is 1.50. The van der Waals surface area contributed by atoms with Crippen molar-refractivity contribution in [1.29, 1.82) is 0 Å². The maximum Gasteiger partial charge on any atom is 0.338 e. The van der Waals surface area contributed by atoms with E-state index < -0.39 is 42.1 Å². The molecule has 1 heterocycles. The van der Waals surface area contributed by atoms with E-state index in [2.05, 4.69) is 6.92 Å². The lowest BCUT2D eigenvalue weighted by Crippen LogP contribution is -2.41. The minimum Gasteiger partial charge on any atom is -0.456 e. The van der Waals surface area contributed by atoms with E-state index in [-0.39, 0.29) is 18.1 Å². The Morgan fingerprint density at radius 3 is 2.49 bits per heavy atom. The molecule has 1 aliphatic heterocycles. The van der Waals surface area contributed by atoms with Crippen LogP contribution in [0, 0.1) is 17.8 Å². The largest absolute Gasteiger partial charge is 0.456 e. The molecular formula is C29H32O6. The normalized spacial score (nSPS) is 26.4. The predicted molar refractivity (Wildman–Crippen MR) is 131 cm³/mol. The van der Waals surface area contributed by atoms with Crippen LogP contribution in [0.4, 0.5) is 0 Å². The van der Waals surface area contributed by atoms with E-state index >= 15 is 0 Å². The van der Waals surface area contributed by atoms with E-state index in [9.17, 15) is 19.5 Å². The number of fused-ring (bicyclic) bond motifs is 2. The molecule has 1 N–H and O–H groups in total. The van der Waals surface area contributed by atoms with Crippen molar-refractivity contribution in [2.45, 2.75) is 57.8 Å². The van der Waals surface area contributed by atoms with Crippen LogP contribution in [0.25, 0.3) is 11.1 Å². The molecule has 0 aromatic heterocycles. The minimum atomic E-state index is -0.951. The lowest BCUT2D eigenvalue weighted by Gasteiger charge is -2.26. The number of hydrogen-bond acceptors (Lipinski definition) is 6. The summed E-state index contributed by atoms with van der Waals surface area (Å²) in [6.07, 6.45) is 3.25. The summed E-state index contributed by atoms with van der Waals surface area (Å²) in [5.74, 6) is -2.07. The monoisotopic (exact) mass is 476 g/mol. The average molecular weight is 477 g/mol. The molecule has 35 heavy (non-hydrogen) atoms. The summed E-state index contributed by atoms with van der Waals surface area (Å²) in [5.41, 5.74) is 2.37. The van der Waals surface area contributed by atoms with E-state index in [0.717, 1.165) is 30.4 Å². The van der Waals surface area contributed by atoms with Crippen molar-refractivity contribution in [2.24, 2.45) is 17.8 Å². The quantitative estimate of drug-likeness (QED) is 0.415. The second kappa shape index (κ2) is 11.0. The van der Waals surface area contributed by atoms with E-state index in [0.29, 0.717) is 5.56 Å². The van der Waals surface area contributed by atoms with Crippen LogP contribution in [0.1, 0.15) is 49.9 Å². The van der Waals surface area contributed by atoms with E-state index in [4.69, 9.17) is 9.47 Å². The summed E-state index contributed by atoms with van der Waals surface area (Å²) in [7, 11) is 0. The number of carbonyl (C=O) groups is 3. The number of aliphatic hydroxyl groups excluding tert-OH is 1. The van der Waals surface area contributed by atoms with Gasteiger partial charge in [0.15, 0.2) is 11.9 Å². The van der Waals surface area contributed by atoms with E-state index in [1.807, 2.05) is 49.4 Å². The molecule has 2 unspecified atom stereocenters. The van der Waals surface area contributed by atoms with Crippen molar-refractivity contribution in [2.75, 3.05) is 0 Å². The van der Waals surface area contributed by atoms with Gasteiger partial charge in [-0.3, -0.25) is 9.59 Å². The summed E-state index contributed by atoms with van der Waals surface area (Å²) in [4.78, 5) is 37.7. The Kier molecular flexibility index (Phi) is 7.81. The molecule has 0 spiro atoms. The van der Waals surface area contributed by atoms with Crippen LogP contribution in [0.15, 0.2) is 66.7 Å². The van der Waals surface area contributed by atoms with Crippen molar-refractivity contribution in [1.82, 2.24) is 0 Å². The van der Waals surface area contributed by atoms with Crippen LogP contribution in [0.3, 0.4) is 0 Å². The van der Waals surface area contributed by atoms with Gasteiger partial charge in [-0.25, -0.2) is 4.79 Å². The molecule has 1 saturated carbocycles. The lowest BCUT2D eigenvalue weighted by atomic mass is 9.89. The standard InChI is InChI=1S/C29H32O6/c1-3-4-8-18(2)24(30)16-15-22-23-17-25(31)34-28(26(23)32)27(22)35-29(33)21-13-11-20(12-14-21)19-9-6-5-7-10-19/h5-7,9-16,18,22-23,26-28,32H,3-4,8,17H2,1-2H3/t18?,22-,23+,26-,27-,28?/m0/s1. The van der Waals surface area contributed by atoms with Crippen molar-refractivity contribution in [3.05, 3.63) is 72.3 Å². The topological polar surface area (TPSA) is 89.9 Å².